The molecule has 3 atom stereocenters. The Balaban J connectivity index is 1.94. The van der Waals surface area contributed by atoms with Crippen LogP contribution < -0.4 is 5.32 Å². The van der Waals surface area contributed by atoms with Crippen molar-refractivity contribution < 1.29 is 0 Å². The number of hydrogen-bond acceptors (Lipinski definition) is 2. The Morgan fingerprint density at radius 3 is 2.79 bits per heavy atom. The van der Waals surface area contributed by atoms with E-state index in [0.29, 0.717) is 6.04 Å². The van der Waals surface area contributed by atoms with Gasteiger partial charge in [-0.3, -0.25) is 0 Å². The van der Waals surface area contributed by atoms with E-state index in [1.54, 1.807) is 4.88 Å². The molecule has 1 N–H and O–H groups in total. The third-order valence-electron chi connectivity index (χ3n) is 4.66. The fourth-order valence-electron chi connectivity index (χ4n) is 3.39. The van der Waals surface area contributed by atoms with E-state index in [2.05, 4.69) is 43.6 Å². The smallest absolute Gasteiger partial charge is 0.00480 e. The lowest BCUT2D eigenvalue weighted by atomic mass is 9.71. The third kappa shape index (κ3) is 4.61. The largest absolute Gasteiger partial charge is 0.314 e. The lowest BCUT2D eigenvalue weighted by molar-refractivity contribution is 0.170. The maximum absolute atomic E-state index is 3.66. The molecule has 2 rings (SSSR count). The minimum atomic E-state index is 0.617. The molecule has 108 valence electrons. The average molecular weight is 279 g/mol. The van der Waals surface area contributed by atoms with E-state index in [1.807, 2.05) is 11.3 Å². The first-order valence-electron chi connectivity index (χ1n) is 7.94. The van der Waals surface area contributed by atoms with E-state index in [-0.39, 0.29) is 0 Å². The first-order chi connectivity index (χ1) is 9.19. The van der Waals surface area contributed by atoms with Crippen LogP contribution in [-0.2, 0) is 6.42 Å². The summed E-state index contributed by atoms with van der Waals surface area (Å²) in [4.78, 5) is 1.58. The van der Waals surface area contributed by atoms with Gasteiger partial charge in [-0.25, -0.2) is 0 Å². The van der Waals surface area contributed by atoms with Crippen molar-refractivity contribution in [2.75, 3.05) is 6.54 Å². The summed E-state index contributed by atoms with van der Waals surface area (Å²) < 4.78 is 0. The highest BCUT2D eigenvalue weighted by atomic mass is 32.1. The molecular weight excluding hydrogens is 250 g/mol. The van der Waals surface area contributed by atoms with Gasteiger partial charge in [0.05, 0.1) is 0 Å². The van der Waals surface area contributed by atoms with Gasteiger partial charge in [0.25, 0.3) is 0 Å². The van der Waals surface area contributed by atoms with Crippen molar-refractivity contribution in [1.82, 2.24) is 5.32 Å². The molecule has 0 aliphatic heterocycles. The van der Waals surface area contributed by atoms with Gasteiger partial charge in [-0.15, -0.1) is 11.3 Å². The number of thiophene rings is 1. The fourth-order valence-corrected chi connectivity index (χ4v) is 4.19. The van der Waals surface area contributed by atoms with Crippen LogP contribution in [0.3, 0.4) is 0 Å². The molecule has 19 heavy (non-hydrogen) atoms. The van der Waals surface area contributed by atoms with Crippen molar-refractivity contribution in [3.8, 4) is 0 Å². The molecule has 0 saturated heterocycles. The van der Waals surface area contributed by atoms with Crippen LogP contribution in [0.5, 0.6) is 0 Å². The normalized spacial score (nSPS) is 27.9. The van der Waals surface area contributed by atoms with Crippen LogP contribution in [0.25, 0.3) is 0 Å². The van der Waals surface area contributed by atoms with Gasteiger partial charge in [-0.05, 0) is 55.0 Å². The fraction of sp³-hybridized carbons (Fsp3) is 0.765. The number of hydrogen-bond donors (Lipinski definition) is 1. The Hall–Kier alpha value is -0.340. The highest BCUT2D eigenvalue weighted by Crippen LogP contribution is 2.37. The molecule has 3 unspecified atom stereocenters. The Morgan fingerprint density at radius 1 is 1.32 bits per heavy atom. The van der Waals surface area contributed by atoms with Crippen molar-refractivity contribution in [1.29, 1.82) is 0 Å². The van der Waals surface area contributed by atoms with Crippen LogP contribution in [0.4, 0.5) is 0 Å². The quantitative estimate of drug-likeness (QED) is 0.793. The summed E-state index contributed by atoms with van der Waals surface area (Å²) in [5, 5.41) is 5.88. The number of rotatable bonds is 6. The zero-order valence-corrected chi connectivity index (χ0v) is 13.5. The van der Waals surface area contributed by atoms with Crippen LogP contribution in [0.1, 0.15) is 51.3 Å². The van der Waals surface area contributed by atoms with Gasteiger partial charge >= 0.3 is 0 Å². The molecule has 2 heteroatoms. The Kier molecular flexibility index (Phi) is 5.90. The Morgan fingerprint density at radius 2 is 2.16 bits per heavy atom. The molecule has 1 aromatic heterocycles. The Labute approximate surface area is 122 Å². The predicted molar refractivity (Wildman–Crippen MR) is 85.8 cm³/mol. The minimum absolute atomic E-state index is 0.617. The topological polar surface area (TPSA) is 12.0 Å². The summed E-state index contributed by atoms with van der Waals surface area (Å²) in [7, 11) is 0. The van der Waals surface area contributed by atoms with Crippen molar-refractivity contribution in [2.45, 2.75) is 58.9 Å². The lowest BCUT2D eigenvalue weighted by Gasteiger charge is -2.36. The molecule has 0 spiro atoms. The molecule has 1 saturated carbocycles. The SMILES string of the molecule is CCC1CCC(CNC(C)C)C(Cc2cccs2)C1. The first-order valence-corrected chi connectivity index (χ1v) is 8.82. The summed E-state index contributed by atoms with van der Waals surface area (Å²) in [5.41, 5.74) is 0. The molecule has 0 radical (unpaired) electrons. The molecule has 0 aromatic carbocycles. The molecule has 1 nitrogen and oxygen atoms in total. The van der Waals surface area contributed by atoms with Gasteiger partial charge in [0.2, 0.25) is 0 Å². The van der Waals surface area contributed by atoms with Crippen molar-refractivity contribution in [3.05, 3.63) is 22.4 Å². The van der Waals surface area contributed by atoms with Crippen LogP contribution in [0.2, 0.25) is 0 Å². The third-order valence-corrected chi connectivity index (χ3v) is 5.56. The van der Waals surface area contributed by atoms with Gasteiger partial charge in [-0.1, -0.05) is 39.7 Å². The summed E-state index contributed by atoms with van der Waals surface area (Å²) in [6.07, 6.45) is 6.98. The van der Waals surface area contributed by atoms with Crippen molar-refractivity contribution in [3.63, 3.8) is 0 Å². The Bertz CT molecular complexity index is 344. The molecule has 1 aliphatic rings. The van der Waals surface area contributed by atoms with E-state index < -0.39 is 0 Å². The van der Waals surface area contributed by atoms with E-state index in [0.717, 1.165) is 17.8 Å². The monoisotopic (exact) mass is 279 g/mol. The molecule has 0 amide bonds. The zero-order chi connectivity index (χ0) is 13.7. The molecule has 1 heterocycles. The second-order valence-corrected chi connectivity index (χ2v) is 7.49. The lowest BCUT2D eigenvalue weighted by Crippen LogP contribution is -2.36. The van der Waals surface area contributed by atoms with Crippen molar-refractivity contribution >= 4 is 11.3 Å². The maximum Gasteiger partial charge on any atom is 0.00480 e. The second-order valence-electron chi connectivity index (χ2n) is 6.45. The van der Waals surface area contributed by atoms with Crippen LogP contribution in [0.15, 0.2) is 17.5 Å². The van der Waals surface area contributed by atoms with Gasteiger partial charge in [0.1, 0.15) is 0 Å². The first kappa shape index (κ1) is 15.1. The standard InChI is InChI=1S/C17H29NS/c1-4-14-7-8-15(12-18-13(2)3)16(10-14)11-17-6-5-9-19-17/h5-6,9,13-16,18H,4,7-8,10-12H2,1-3H3. The van der Waals surface area contributed by atoms with E-state index in [4.69, 9.17) is 0 Å². The highest BCUT2D eigenvalue weighted by Gasteiger charge is 2.29. The van der Waals surface area contributed by atoms with Crippen LogP contribution in [-0.4, -0.2) is 12.6 Å². The molecular formula is C17H29NS. The van der Waals surface area contributed by atoms with Crippen LogP contribution >= 0.6 is 11.3 Å². The summed E-state index contributed by atoms with van der Waals surface area (Å²) in [6, 6.07) is 5.13. The van der Waals surface area contributed by atoms with Gasteiger partial charge in [0.15, 0.2) is 0 Å². The summed E-state index contributed by atoms with van der Waals surface area (Å²) in [6.45, 7) is 8.08. The van der Waals surface area contributed by atoms with Crippen LogP contribution in [0, 0.1) is 17.8 Å². The maximum atomic E-state index is 3.66. The van der Waals surface area contributed by atoms with Gasteiger partial charge in [0, 0.05) is 10.9 Å². The molecule has 1 aromatic rings. The minimum Gasteiger partial charge on any atom is -0.314 e. The van der Waals surface area contributed by atoms with Crippen molar-refractivity contribution in [2.24, 2.45) is 17.8 Å². The van der Waals surface area contributed by atoms with E-state index >= 15 is 0 Å². The van der Waals surface area contributed by atoms with Gasteiger partial charge < -0.3 is 5.32 Å². The van der Waals surface area contributed by atoms with Gasteiger partial charge in [-0.2, -0.15) is 0 Å². The number of nitrogens with one attached hydrogen (secondary N) is 1. The second kappa shape index (κ2) is 7.44. The molecule has 1 aliphatic carbocycles. The zero-order valence-electron chi connectivity index (χ0n) is 12.7. The van der Waals surface area contributed by atoms with E-state index in [1.165, 1.54) is 38.6 Å². The summed E-state index contributed by atoms with van der Waals surface area (Å²) >= 11 is 1.93. The average Bonchev–Trinajstić information content (AvgIpc) is 2.90. The summed E-state index contributed by atoms with van der Waals surface area (Å²) in [5.74, 6) is 2.75. The predicted octanol–water partition coefficient (Wildman–Crippen LogP) is 4.73. The van der Waals surface area contributed by atoms with E-state index in [9.17, 15) is 0 Å². The molecule has 1 fully saturated rings. The molecule has 0 bridgehead atoms. The highest BCUT2D eigenvalue weighted by molar-refractivity contribution is 7.09.